The molecule has 0 amide bonds. The first kappa shape index (κ1) is 10.3. The molecule has 0 heterocycles. The Morgan fingerprint density at radius 1 is 1.36 bits per heavy atom. The van der Waals surface area contributed by atoms with Crippen LogP contribution in [0.25, 0.3) is 0 Å². The van der Waals surface area contributed by atoms with Gasteiger partial charge in [-0.25, -0.2) is 25.1 Å². The average Bonchev–Trinajstić information content (AvgIpc) is 2.04. The van der Waals surface area contributed by atoms with E-state index in [0.717, 1.165) is 6.92 Å². The Morgan fingerprint density at radius 2 is 1.82 bits per heavy atom. The van der Waals surface area contributed by atoms with E-state index in [1.807, 2.05) is 0 Å². The molecular weight excluding hydrogens is 160 g/mol. The summed E-state index contributed by atoms with van der Waals surface area (Å²) < 4.78 is 0. The topological polar surface area (TPSA) is 105 Å². The van der Waals surface area contributed by atoms with E-state index in [-0.39, 0.29) is 0 Å². The van der Waals surface area contributed by atoms with Crippen LogP contribution in [0.2, 0.25) is 0 Å². The third kappa shape index (κ3) is 3.25. The van der Waals surface area contributed by atoms with Gasteiger partial charge >= 0.3 is 5.97 Å². The van der Waals surface area contributed by atoms with Gasteiger partial charge in [-0.15, -0.1) is 0 Å². The van der Waals surface area contributed by atoms with Gasteiger partial charge in [-0.3, -0.25) is 0 Å². The predicted octanol–water partition coefficient (Wildman–Crippen LogP) is 0.0881. The summed E-state index contributed by atoms with van der Waals surface area (Å²) in [6.07, 6.45) is -0.656. The fourth-order valence-electron chi connectivity index (χ4n) is 0.376. The first-order valence-corrected chi connectivity index (χ1v) is 2.57. The van der Waals surface area contributed by atoms with Gasteiger partial charge in [0, 0.05) is 0 Å². The van der Waals surface area contributed by atoms with E-state index in [2.05, 4.69) is 14.7 Å². The van der Waals surface area contributed by atoms with Crippen molar-refractivity contribution < 1.29 is 35.2 Å². The van der Waals surface area contributed by atoms with E-state index >= 15 is 0 Å². The third-order valence-electron chi connectivity index (χ3n) is 0.953. The molecule has 0 bridgehead atoms. The van der Waals surface area contributed by atoms with Crippen molar-refractivity contribution in [1.29, 1.82) is 0 Å². The molecule has 3 N–H and O–H groups in total. The number of hydrogen-bond donors (Lipinski definition) is 3. The molecule has 0 aliphatic heterocycles. The normalized spacial score (nSPS) is 11.3. The lowest BCUT2D eigenvalue weighted by molar-refractivity contribution is -0.480. The van der Waals surface area contributed by atoms with Crippen molar-refractivity contribution in [3.05, 3.63) is 0 Å². The standard InChI is InChI=1S/C4H8O7/c1-4(10-7,11-8)2-3(5)9-6/h6-8H,2H2,1H3. The second-order valence-corrected chi connectivity index (χ2v) is 1.96. The van der Waals surface area contributed by atoms with Crippen LogP contribution in [-0.4, -0.2) is 27.5 Å². The van der Waals surface area contributed by atoms with E-state index in [1.165, 1.54) is 0 Å². The minimum atomic E-state index is -1.92. The van der Waals surface area contributed by atoms with Gasteiger partial charge < -0.3 is 4.89 Å². The number of hydrogen-bond acceptors (Lipinski definition) is 7. The highest BCUT2D eigenvalue weighted by Crippen LogP contribution is 2.14. The van der Waals surface area contributed by atoms with E-state index in [9.17, 15) is 4.79 Å². The summed E-state index contributed by atoms with van der Waals surface area (Å²) in [5.74, 6) is -3.03. The summed E-state index contributed by atoms with van der Waals surface area (Å²) in [5, 5.41) is 23.9. The molecule has 0 unspecified atom stereocenters. The highest BCUT2D eigenvalue weighted by atomic mass is 17.2. The second kappa shape index (κ2) is 4.21. The van der Waals surface area contributed by atoms with Crippen LogP contribution in [0.3, 0.4) is 0 Å². The summed E-state index contributed by atoms with van der Waals surface area (Å²) in [5.41, 5.74) is 0. The molecule has 0 spiro atoms. The van der Waals surface area contributed by atoms with Gasteiger partial charge in [0.25, 0.3) is 0 Å². The molecule has 0 aliphatic carbocycles. The fourth-order valence-corrected chi connectivity index (χ4v) is 0.376. The van der Waals surface area contributed by atoms with Crippen LogP contribution in [0.15, 0.2) is 0 Å². The lowest BCUT2D eigenvalue weighted by Gasteiger charge is -2.18. The average molecular weight is 168 g/mol. The Hall–Kier alpha value is -0.730. The number of carbonyl (C=O) groups is 1. The van der Waals surface area contributed by atoms with Gasteiger partial charge in [-0.2, -0.15) is 5.26 Å². The Balaban J connectivity index is 3.96. The predicted molar refractivity (Wildman–Crippen MR) is 29.2 cm³/mol. The molecule has 0 aromatic rings. The first-order valence-electron chi connectivity index (χ1n) is 2.57. The minimum absolute atomic E-state index is 0.656. The van der Waals surface area contributed by atoms with E-state index < -0.39 is 18.2 Å². The van der Waals surface area contributed by atoms with E-state index in [0.29, 0.717) is 0 Å². The lowest BCUT2D eigenvalue weighted by Crippen LogP contribution is -2.33. The fraction of sp³-hybridized carbons (Fsp3) is 0.750. The van der Waals surface area contributed by atoms with Crippen LogP contribution in [0.4, 0.5) is 0 Å². The molecule has 7 nitrogen and oxygen atoms in total. The van der Waals surface area contributed by atoms with Gasteiger partial charge in [-0.1, -0.05) is 0 Å². The quantitative estimate of drug-likeness (QED) is 0.310. The van der Waals surface area contributed by atoms with E-state index in [4.69, 9.17) is 15.8 Å². The smallest absolute Gasteiger partial charge is 0.301 e. The largest absolute Gasteiger partial charge is 0.347 e. The number of carbonyl (C=O) groups excluding carboxylic acids is 1. The maximum absolute atomic E-state index is 10.3. The van der Waals surface area contributed by atoms with Gasteiger partial charge in [0.05, 0.1) is 0 Å². The SMILES string of the molecule is CC(CC(=O)OO)(OO)OO. The molecule has 0 saturated carbocycles. The van der Waals surface area contributed by atoms with Gasteiger partial charge in [0.15, 0.2) is 0 Å². The highest BCUT2D eigenvalue weighted by Gasteiger charge is 2.31. The minimum Gasteiger partial charge on any atom is -0.301 e. The zero-order valence-corrected chi connectivity index (χ0v) is 5.68. The van der Waals surface area contributed by atoms with Crippen molar-refractivity contribution in [3.63, 3.8) is 0 Å². The monoisotopic (exact) mass is 168 g/mol. The van der Waals surface area contributed by atoms with Gasteiger partial charge in [0.2, 0.25) is 5.79 Å². The van der Waals surface area contributed by atoms with Crippen LogP contribution in [0.5, 0.6) is 0 Å². The molecule has 0 rings (SSSR count). The molecule has 0 fully saturated rings. The molecule has 66 valence electrons. The molecule has 11 heavy (non-hydrogen) atoms. The summed E-state index contributed by atoms with van der Waals surface area (Å²) in [4.78, 5) is 20.7. The molecule has 0 aromatic heterocycles. The van der Waals surface area contributed by atoms with Crippen molar-refractivity contribution in [2.45, 2.75) is 19.1 Å². The Labute approximate surface area is 61.5 Å². The first-order chi connectivity index (χ1) is 5.08. The summed E-state index contributed by atoms with van der Waals surface area (Å²) in [6, 6.07) is 0. The Morgan fingerprint density at radius 3 is 2.09 bits per heavy atom. The summed E-state index contributed by atoms with van der Waals surface area (Å²) in [6.45, 7) is 1.06. The molecule has 0 saturated heterocycles. The molecule has 0 atom stereocenters. The van der Waals surface area contributed by atoms with Crippen LogP contribution in [0, 0.1) is 0 Å². The van der Waals surface area contributed by atoms with E-state index in [1.54, 1.807) is 0 Å². The number of rotatable bonds is 4. The van der Waals surface area contributed by atoms with Crippen molar-refractivity contribution in [3.8, 4) is 0 Å². The highest BCUT2D eigenvalue weighted by molar-refractivity contribution is 5.69. The van der Waals surface area contributed by atoms with Crippen molar-refractivity contribution >= 4 is 5.97 Å². The molecule has 7 heteroatoms. The zero-order valence-electron chi connectivity index (χ0n) is 5.68. The van der Waals surface area contributed by atoms with Crippen LogP contribution < -0.4 is 0 Å². The van der Waals surface area contributed by atoms with Crippen LogP contribution >= 0.6 is 0 Å². The maximum atomic E-state index is 10.3. The summed E-state index contributed by atoms with van der Waals surface area (Å²) in [7, 11) is 0. The van der Waals surface area contributed by atoms with Crippen molar-refractivity contribution in [2.24, 2.45) is 0 Å². The van der Waals surface area contributed by atoms with Gasteiger partial charge in [0.1, 0.15) is 6.42 Å². The molecule has 0 aliphatic rings. The molecular formula is C4H8O7. The lowest BCUT2D eigenvalue weighted by atomic mass is 10.2. The van der Waals surface area contributed by atoms with Crippen LogP contribution in [-0.2, 0) is 19.5 Å². The zero-order chi connectivity index (χ0) is 8.91. The summed E-state index contributed by atoms with van der Waals surface area (Å²) >= 11 is 0. The van der Waals surface area contributed by atoms with Crippen molar-refractivity contribution in [1.82, 2.24) is 0 Å². The van der Waals surface area contributed by atoms with Gasteiger partial charge in [-0.05, 0) is 6.92 Å². The second-order valence-electron chi connectivity index (χ2n) is 1.96. The Bertz CT molecular complexity index is 128. The van der Waals surface area contributed by atoms with Crippen molar-refractivity contribution in [2.75, 3.05) is 0 Å². The van der Waals surface area contributed by atoms with Crippen LogP contribution in [0.1, 0.15) is 13.3 Å². The third-order valence-corrected chi connectivity index (χ3v) is 0.953. The maximum Gasteiger partial charge on any atom is 0.347 e. The molecule has 0 radical (unpaired) electrons. The Kier molecular flexibility index (Phi) is 3.93. The molecule has 0 aromatic carbocycles.